The molecule has 0 saturated heterocycles. The summed E-state index contributed by atoms with van der Waals surface area (Å²) in [6.07, 6.45) is 4.70. The Balaban J connectivity index is 2.08. The molecule has 0 fully saturated rings. The van der Waals surface area contributed by atoms with Gasteiger partial charge in [0.1, 0.15) is 0 Å². The predicted molar refractivity (Wildman–Crippen MR) is 70.9 cm³/mol. The second-order valence-corrected chi connectivity index (χ2v) is 4.27. The molecule has 2 rings (SSSR count). The van der Waals surface area contributed by atoms with Crippen LogP contribution in [0, 0.1) is 6.92 Å². The highest BCUT2D eigenvalue weighted by molar-refractivity contribution is 5.98. The van der Waals surface area contributed by atoms with Gasteiger partial charge in [-0.3, -0.25) is 4.79 Å². The van der Waals surface area contributed by atoms with E-state index in [0.717, 1.165) is 12.0 Å². The number of carbonyl (C=O) groups excluding carboxylic acids is 1. The molecule has 92 valence electrons. The third-order valence-corrected chi connectivity index (χ3v) is 2.85. The van der Waals surface area contributed by atoms with Crippen molar-refractivity contribution in [2.75, 3.05) is 5.43 Å². The highest BCUT2D eigenvalue weighted by atomic mass is 16.2. The molecular weight excluding hydrogens is 224 g/mol. The van der Waals surface area contributed by atoms with Gasteiger partial charge in [0.2, 0.25) is 0 Å². The zero-order chi connectivity index (χ0) is 13.0. The Bertz CT molecular complexity index is 529. The average molecular weight is 241 g/mol. The van der Waals surface area contributed by atoms with Crippen LogP contribution in [0.25, 0.3) is 0 Å². The lowest BCUT2D eigenvalue weighted by Crippen LogP contribution is -2.47. The predicted octanol–water partition coefficient (Wildman–Crippen LogP) is 2.23. The lowest BCUT2D eigenvalue weighted by atomic mass is 10.1. The minimum atomic E-state index is -0.107. The Morgan fingerprint density at radius 2 is 1.72 bits per heavy atom. The van der Waals surface area contributed by atoms with Crippen molar-refractivity contribution in [3.63, 3.8) is 0 Å². The summed E-state index contributed by atoms with van der Waals surface area (Å²) in [6.45, 7) is 4.10. The van der Waals surface area contributed by atoms with Crippen molar-refractivity contribution in [3.8, 4) is 0 Å². The van der Waals surface area contributed by atoms with Gasteiger partial charge in [0.05, 0.1) is 0 Å². The minimum Gasteiger partial charge on any atom is -0.264 e. The van der Waals surface area contributed by atoms with Crippen molar-refractivity contribution in [1.29, 1.82) is 0 Å². The summed E-state index contributed by atoms with van der Waals surface area (Å²) in [6, 6.07) is 11.5. The van der Waals surface area contributed by atoms with Crippen LogP contribution >= 0.6 is 0 Å². The molecule has 2 aromatic rings. The average Bonchev–Trinajstić information content (AvgIpc) is 2.40. The van der Waals surface area contributed by atoms with Gasteiger partial charge in [0, 0.05) is 17.7 Å². The van der Waals surface area contributed by atoms with E-state index >= 15 is 0 Å². The first-order valence-corrected chi connectivity index (χ1v) is 6.07. The highest BCUT2D eigenvalue weighted by Crippen LogP contribution is 2.02. The summed E-state index contributed by atoms with van der Waals surface area (Å²) >= 11 is 0. The van der Waals surface area contributed by atoms with Crippen molar-refractivity contribution in [2.45, 2.75) is 20.3 Å². The Hall–Kier alpha value is -2.16. The van der Waals surface area contributed by atoms with E-state index in [2.05, 4.69) is 12.3 Å². The van der Waals surface area contributed by atoms with Crippen LogP contribution in [0.3, 0.4) is 0 Å². The molecule has 1 N–H and O–H groups in total. The Morgan fingerprint density at radius 3 is 2.28 bits per heavy atom. The second kappa shape index (κ2) is 5.45. The van der Waals surface area contributed by atoms with Gasteiger partial charge in [-0.05, 0) is 31.0 Å². The summed E-state index contributed by atoms with van der Waals surface area (Å²) in [4.78, 5) is 11.9. The fourth-order valence-corrected chi connectivity index (χ4v) is 1.65. The van der Waals surface area contributed by atoms with Crippen molar-refractivity contribution in [2.24, 2.45) is 0 Å². The van der Waals surface area contributed by atoms with Crippen LogP contribution in [0.15, 0.2) is 48.8 Å². The van der Waals surface area contributed by atoms with E-state index in [1.807, 2.05) is 55.7 Å². The fourth-order valence-electron chi connectivity index (χ4n) is 1.65. The largest absolute Gasteiger partial charge is 0.305 e. The van der Waals surface area contributed by atoms with E-state index < -0.39 is 0 Å². The molecule has 3 heteroatoms. The number of carbonyl (C=O) groups is 1. The molecule has 1 aromatic carbocycles. The summed E-state index contributed by atoms with van der Waals surface area (Å²) in [5, 5.41) is 0. The number of nitrogens with zero attached hydrogens (tertiary/aromatic N) is 1. The normalized spacial score (nSPS) is 10.1. The number of pyridine rings is 1. The van der Waals surface area contributed by atoms with Crippen molar-refractivity contribution in [1.82, 2.24) is 0 Å². The van der Waals surface area contributed by atoms with Gasteiger partial charge in [0.15, 0.2) is 12.4 Å². The molecule has 1 heterocycles. The molecule has 0 saturated carbocycles. The summed E-state index contributed by atoms with van der Waals surface area (Å²) in [5.41, 5.74) is 5.86. The molecule has 0 aliphatic carbocycles. The van der Waals surface area contributed by atoms with Gasteiger partial charge in [-0.25, -0.2) is 0 Å². The van der Waals surface area contributed by atoms with Crippen LogP contribution in [-0.2, 0) is 6.42 Å². The van der Waals surface area contributed by atoms with Gasteiger partial charge in [-0.1, -0.05) is 29.3 Å². The lowest BCUT2D eigenvalue weighted by Gasteiger charge is -2.01. The van der Waals surface area contributed by atoms with Crippen LogP contribution in [0.5, 0.6) is 0 Å². The maximum Gasteiger partial charge on any atom is 0.305 e. The number of aromatic nitrogens is 1. The zero-order valence-electron chi connectivity index (χ0n) is 10.7. The molecule has 3 nitrogen and oxygen atoms in total. The lowest BCUT2D eigenvalue weighted by molar-refractivity contribution is -0.641. The van der Waals surface area contributed by atoms with Gasteiger partial charge < -0.3 is 0 Å². The van der Waals surface area contributed by atoms with Gasteiger partial charge in [-0.15, -0.1) is 5.43 Å². The quantitative estimate of drug-likeness (QED) is 0.821. The van der Waals surface area contributed by atoms with Crippen molar-refractivity contribution >= 4 is 5.91 Å². The Kier molecular flexibility index (Phi) is 3.72. The molecule has 0 aliphatic heterocycles. The molecule has 0 atom stereocenters. The third kappa shape index (κ3) is 2.94. The first-order valence-electron chi connectivity index (χ1n) is 6.07. The smallest absolute Gasteiger partial charge is 0.264 e. The van der Waals surface area contributed by atoms with Crippen LogP contribution in [0.2, 0.25) is 0 Å². The van der Waals surface area contributed by atoms with Gasteiger partial charge >= 0.3 is 5.91 Å². The van der Waals surface area contributed by atoms with E-state index in [0.29, 0.717) is 5.56 Å². The molecule has 18 heavy (non-hydrogen) atoms. The maximum atomic E-state index is 11.9. The summed E-state index contributed by atoms with van der Waals surface area (Å²) in [5.74, 6) is -0.107. The molecular formula is C15H17N2O+. The SMILES string of the molecule is CCc1cc[n+](NC(=O)c2ccc(C)cc2)cc1. The second-order valence-electron chi connectivity index (χ2n) is 4.27. The molecule has 1 amide bonds. The third-order valence-electron chi connectivity index (χ3n) is 2.85. The van der Waals surface area contributed by atoms with Crippen molar-refractivity contribution in [3.05, 3.63) is 65.5 Å². The van der Waals surface area contributed by atoms with E-state index in [1.54, 1.807) is 4.68 Å². The van der Waals surface area contributed by atoms with E-state index in [-0.39, 0.29) is 5.91 Å². The molecule has 0 unspecified atom stereocenters. The number of nitrogens with one attached hydrogen (secondary N) is 1. The van der Waals surface area contributed by atoms with Crippen LogP contribution < -0.4 is 10.1 Å². The van der Waals surface area contributed by atoms with E-state index in [9.17, 15) is 4.79 Å². The number of hydrogen-bond acceptors (Lipinski definition) is 1. The van der Waals surface area contributed by atoms with Gasteiger partial charge in [0.25, 0.3) is 0 Å². The Labute approximate surface area is 107 Å². The Morgan fingerprint density at radius 1 is 1.11 bits per heavy atom. The number of amides is 1. The monoisotopic (exact) mass is 241 g/mol. The molecule has 1 aromatic heterocycles. The van der Waals surface area contributed by atoms with Gasteiger partial charge in [-0.2, -0.15) is 0 Å². The van der Waals surface area contributed by atoms with Crippen LogP contribution in [0.1, 0.15) is 28.4 Å². The summed E-state index contributed by atoms with van der Waals surface area (Å²) < 4.78 is 1.67. The number of rotatable bonds is 3. The summed E-state index contributed by atoms with van der Waals surface area (Å²) in [7, 11) is 0. The zero-order valence-corrected chi connectivity index (χ0v) is 10.7. The minimum absolute atomic E-state index is 0.107. The first kappa shape index (κ1) is 12.3. The number of benzene rings is 1. The molecule has 0 radical (unpaired) electrons. The van der Waals surface area contributed by atoms with E-state index in [1.165, 1.54) is 5.56 Å². The topological polar surface area (TPSA) is 33.0 Å². The number of hydrogen-bond donors (Lipinski definition) is 1. The number of aryl methyl sites for hydroxylation is 2. The van der Waals surface area contributed by atoms with Crippen molar-refractivity contribution < 1.29 is 9.47 Å². The first-order chi connectivity index (χ1) is 8.69. The van der Waals surface area contributed by atoms with Crippen LogP contribution in [0.4, 0.5) is 0 Å². The molecule has 0 bridgehead atoms. The molecule has 0 aliphatic rings. The van der Waals surface area contributed by atoms with Crippen LogP contribution in [-0.4, -0.2) is 5.91 Å². The highest BCUT2D eigenvalue weighted by Gasteiger charge is 2.09. The standard InChI is InChI=1S/C15H16N2O/c1-3-13-8-10-17(11-9-13)16-15(18)14-6-4-12(2)5-7-14/h4-11H,3H2,1-2H3/p+1. The maximum absolute atomic E-state index is 11.9. The fraction of sp³-hybridized carbons (Fsp3) is 0.200. The molecule has 0 spiro atoms. The van der Waals surface area contributed by atoms with E-state index in [4.69, 9.17) is 0 Å².